The van der Waals surface area contributed by atoms with E-state index < -0.39 is 23.8 Å². The monoisotopic (exact) mass is 508 g/mol. The summed E-state index contributed by atoms with van der Waals surface area (Å²) in [6.45, 7) is 10.2. The Labute approximate surface area is 216 Å². The average Bonchev–Trinajstić information content (AvgIpc) is 2.81. The molecule has 2 saturated carbocycles. The number of amides is 2. The Kier molecular flexibility index (Phi) is 11.7. The summed E-state index contributed by atoms with van der Waals surface area (Å²) >= 11 is 0. The van der Waals surface area contributed by atoms with Crippen molar-refractivity contribution in [3.63, 3.8) is 0 Å². The zero-order valence-electron chi connectivity index (χ0n) is 22.8. The van der Waals surface area contributed by atoms with Crippen LogP contribution in [0.15, 0.2) is 0 Å². The minimum Gasteiger partial charge on any atom is -0.481 e. The van der Waals surface area contributed by atoms with Crippen molar-refractivity contribution in [2.24, 2.45) is 28.6 Å². The van der Waals surface area contributed by atoms with Crippen molar-refractivity contribution >= 4 is 23.8 Å². The summed E-state index contributed by atoms with van der Waals surface area (Å²) < 4.78 is 5.29. The lowest BCUT2D eigenvalue weighted by Gasteiger charge is -2.55. The second kappa shape index (κ2) is 14.0. The summed E-state index contributed by atoms with van der Waals surface area (Å²) in [5.74, 6) is -1.93. The van der Waals surface area contributed by atoms with Crippen molar-refractivity contribution in [3.8, 4) is 0 Å². The molecule has 0 radical (unpaired) electrons. The number of hydrogen-bond acceptors (Lipinski definition) is 5. The van der Waals surface area contributed by atoms with Gasteiger partial charge in [-0.3, -0.25) is 19.2 Å². The van der Waals surface area contributed by atoms with E-state index in [1.807, 2.05) is 0 Å². The van der Waals surface area contributed by atoms with Gasteiger partial charge in [0, 0.05) is 19.5 Å². The number of rotatable bonds is 14. The molecular weight excluding hydrogens is 460 g/mol. The molecule has 4 unspecified atom stereocenters. The molecule has 0 aromatic rings. The van der Waals surface area contributed by atoms with Gasteiger partial charge in [-0.1, -0.05) is 40.5 Å². The molecule has 0 bridgehead atoms. The molecule has 0 spiro atoms. The normalized spacial score (nSPS) is 25.9. The fourth-order valence-corrected chi connectivity index (χ4v) is 5.99. The third-order valence-electron chi connectivity index (χ3n) is 8.45. The maximum atomic E-state index is 12.9. The van der Waals surface area contributed by atoms with Gasteiger partial charge in [-0.05, 0) is 69.1 Å². The van der Waals surface area contributed by atoms with Crippen LogP contribution in [0, 0.1) is 28.6 Å². The summed E-state index contributed by atoms with van der Waals surface area (Å²) in [7, 11) is 0. The van der Waals surface area contributed by atoms with E-state index >= 15 is 0 Å². The Balaban J connectivity index is 1.48. The molecule has 2 aliphatic carbocycles. The lowest BCUT2D eigenvalue weighted by atomic mass is 9.49. The van der Waals surface area contributed by atoms with Crippen LogP contribution in [0.3, 0.4) is 0 Å². The van der Waals surface area contributed by atoms with Crippen molar-refractivity contribution < 1.29 is 29.0 Å². The van der Waals surface area contributed by atoms with Gasteiger partial charge >= 0.3 is 11.9 Å². The van der Waals surface area contributed by atoms with E-state index in [0.29, 0.717) is 51.1 Å². The highest BCUT2D eigenvalue weighted by Gasteiger charge is 2.57. The van der Waals surface area contributed by atoms with Gasteiger partial charge in [0.1, 0.15) is 0 Å². The minimum absolute atomic E-state index is 0.0149. The number of aliphatic carboxylic acids is 1. The van der Waals surface area contributed by atoms with Gasteiger partial charge < -0.3 is 20.5 Å². The fraction of sp³-hybridized carbons (Fsp3) is 0.857. The van der Waals surface area contributed by atoms with Crippen LogP contribution in [0.1, 0.15) is 105 Å². The quantitative estimate of drug-likeness (QED) is 0.235. The molecule has 2 rings (SSSR count). The van der Waals surface area contributed by atoms with Crippen LogP contribution in [-0.2, 0) is 23.9 Å². The molecule has 0 aromatic heterocycles. The number of esters is 1. The van der Waals surface area contributed by atoms with E-state index in [1.165, 1.54) is 0 Å². The fourth-order valence-electron chi connectivity index (χ4n) is 5.99. The Bertz CT molecular complexity index is 762. The number of hydrogen-bond donors (Lipinski definition) is 3. The van der Waals surface area contributed by atoms with Crippen LogP contribution < -0.4 is 10.6 Å². The molecule has 2 aliphatic rings. The van der Waals surface area contributed by atoms with E-state index in [9.17, 15) is 24.3 Å². The number of nitrogens with one attached hydrogen (secondary N) is 2. The lowest BCUT2D eigenvalue weighted by Crippen LogP contribution is -2.58. The van der Waals surface area contributed by atoms with E-state index in [1.54, 1.807) is 0 Å². The van der Waals surface area contributed by atoms with E-state index in [4.69, 9.17) is 4.74 Å². The molecule has 2 fully saturated rings. The van der Waals surface area contributed by atoms with Crippen LogP contribution in [0.5, 0.6) is 0 Å². The number of carboxylic acid groups (broad SMARTS) is 1. The zero-order chi connectivity index (χ0) is 26.8. The highest BCUT2D eigenvalue weighted by molar-refractivity contribution is 5.85. The molecular formula is C28H48N2O6. The van der Waals surface area contributed by atoms with Gasteiger partial charge in [-0.15, -0.1) is 0 Å². The number of unbranched alkanes of at least 4 members (excludes halogenated alkanes) is 3. The standard InChI is InChI=1S/C28H48N2O6/c1-20-15-16-28(20,27(2,3)4)26(35)30-18-10-5-9-17-29-23(31)14-8-11-19-36-25(34)22-13-7-6-12-21(22)24(32)33/h20-22H,5-19H2,1-4H3,(H,29,31)(H,30,35)(H,32,33). The van der Waals surface area contributed by atoms with Crippen molar-refractivity contribution in [2.45, 2.75) is 105 Å². The topological polar surface area (TPSA) is 122 Å². The minimum atomic E-state index is -0.921. The van der Waals surface area contributed by atoms with Crippen LogP contribution in [-0.4, -0.2) is 48.6 Å². The van der Waals surface area contributed by atoms with Gasteiger partial charge in [-0.2, -0.15) is 0 Å². The Morgan fingerprint density at radius 1 is 0.889 bits per heavy atom. The second-order valence-electron chi connectivity index (χ2n) is 11.8. The summed E-state index contributed by atoms with van der Waals surface area (Å²) in [6.07, 6.45) is 9.14. The van der Waals surface area contributed by atoms with Gasteiger partial charge in [0.25, 0.3) is 0 Å². The number of ether oxygens (including phenoxy) is 1. The molecule has 4 atom stereocenters. The maximum Gasteiger partial charge on any atom is 0.309 e. The third-order valence-corrected chi connectivity index (χ3v) is 8.45. The summed E-state index contributed by atoms with van der Waals surface area (Å²) in [5, 5.41) is 15.4. The molecule has 0 aromatic carbocycles. The van der Waals surface area contributed by atoms with Crippen molar-refractivity contribution in [1.82, 2.24) is 10.6 Å². The Hall–Kier alpha value is -2.12. The molecule has 8 nitrogen and oxygen atoms in total. The molecule has 36 heavy (non-hydrogen) atoms. The highest BCUT2D eigenvalue weighted by Crippen LogP contribution is 2.57. The molecule has 2 amide bonds. The van der Waals surface area contributed by atoms with Crippen LogP contribution in [0.2, 0.25) is 0 Å². The maximum absolute atomic E-state index is 12.9. The first-order chi connectivity index (χ1) is 17.0. The first kappa shape index (κ1) is 30.1. The number of carbonyl (C=O) groups is 4. The van der Waals surface area contributed by atoms with Gasteiger partial charge in [0.15, 0.2) is 0 Å². The number of carboxylic acids is 1. The highest BCUT2D eigenvalue weighted by atomic mass is 16.5. The predicted molar refractivity (Wildman–Crippen MR) is 138 cm³/mol. The average molecular weight is 509 g/mol. The first-order valence-electron chi connectivity index (χ1n) is 13.9. The molecule has 0 saturated heterocycles. The predicted octanol–water partition coefficient (Wildman–Crippen LogP) is 4.46. The largest absolute Gasteiger partial charge is 0.481 e. The lowest BCUT2D eigenvalue weighted by molar-refractivity contribution is -0.159. The van der Waals surface area contributed by atoms with Crippen molar-refractivity contribution in [1.29, 1.82) is 0 Å². The Morgan fingerprint density at radius 3 is 2.08 bits per heavy atom. The summed E-state index contributed by atoms with van der Waals surface area (Å²) in [5.41, 5.74) is -0.296. The van der Waals surface area contributed by atoms with Crippen molar-refractivity contribution in [3.05, 3.63) is 0 Å². The van der Waals surface area contributed by atoms with Gasteiger partial charge in [-0.25, -0.2) is 0 Å². The van der Waals surface area contributed by atoms with Crippen LogP contribution >= 0.6 is 0 Å². The van der Waals surface area contributed by atoms with Crippen molar-refractivity contribution in [2.75, 3.05) is 19.7 Å². The Morgan fingerprint density at radius 2 is 1.53 bits per heavy atom. The molecule has 3 N–H and O–H groups in total. The van der Waals surface area contributed by atoms with Crippen LogP contribution in [0.4, 0.5) is 0 Å². The third kappa shape index (κ3) is 7.94. The summed E-state index contributed by atoms with van der Waals surface area (Å²) in [4.78, 5) is 48.5. The number of carbonyl (C=O) groups excluding carboxylic acids is 3. The van der Waals surface area contributed by atoms with E-state index in [0.717, 1.165) is 44.9 Å². The molecule has 206 valence electrons. The smallest absolute Gasteiger partial charge is 0.309 e. The van der Waals surface area contributed by atoms with Gasteiger partial charge in [0.2, 0.25) is 11.8 Å². The summed E-state index contributed by atoms with van der Waals surface area (Å²) in [6, 6.07) is 0. The first-order valence-corrected chi connectivity index (χ1v) is 13.9. The van der Waals surface area contributed by atoms with Crippen LogP contribution in [0.25, 0.3) is 0 Å². The SMILES string of the molecule is CC1CCC1(C(=O)NCCCCCNC(=O)CCCCOC(=O)C1CCCCC1C(=O)O)C(C)(C)C. The second-order valence-corrected chi connectivity index (χ2v) is 11.8. The molecule has 0 heterocycles. The zero-order valence-corrected chi connectivity index (χ0v) is 22.8. The van der Waals surface area contributed by atoms with E-state index in [2.05, 4.69) is 38.3 Å². The molecule has 0 aliphatic heterocycles. The van der Waals surface area contributed by atoms with E-state index in [-0.39, 0.29) is 29.3 Å². The molecule has 8 heteroatoms. The van der Waals surface area contributed by atoms with Gasteiger partial charge in [0.05, 0.1) is 23.9 Å².